The van der Waals surface area contributed by atoms with Crippen LogP contribution in [-0.4, -0.2) is 26.0 Å². The fourth-order valence-corrected chi connectivity index (χ4v) is 5.04. The zero-order chi connectivity index (χ0) is 13.3. The van der Waals surface area contributed by atoms with Crippen LogP contribution >= 0.6 is 31.9 Å². The Morgan fingerprint density at radius 1 is 1.28 bits per heavy atom. The van der Waals surface area contributed by atoms with Crippen molar-refractivity contribution in [1.29, 1.82) is 0 Å². The lowest BCUT2D eigenvalue weighted by Crippen LogP contribution is -2.36. The molecule has 1 saturated heterocycles. The molecule has 18 heavy (non-hydrogen) atoms. The lowest BCUT2D eigenvalue weighted by atomic mass is 10.3. The van der Waals surface area contributed by atoms with Crippen molar-refractivity contribution >= 4 is 47.6 Å². The summed E-state index contributed by atoms with van der Waals surface area (Å²) in [5.74, 6) is 0. The fourth-order valence-electron chi connectivity index (χ4n) is 1.72. The Morgan fingerprint density at radius 3 is 2.56 bits per heavy atom. The van der Waals surface area contributed by atoms with E-state index in [1.807, 2.05) is 0 Å². The second-order valence-corrected chi connectivity index (χ2v) is 7.41. The quantitative estimate of drug-likeness (QED) is 0.775. The Bertz CT molecular complexity index is 533. The SMILES string of the molecule is Nc1cc(Br)cc(Br)c1S(=O)(=O)N1CCCCO1. The summed E-state index contributed by atoms with van der Waals surface area (Å²) in [6.45, 7) is 0.761. The third-order valence-corrected chi connectivity index (χ3v) is 5.67. The van der Waals surface area contributed by atoms with Crippen molar-refractivity contribution in [3.05, 3.63) is 21.1 Å². The highest BCUT2D eigenvalue weighted by molar-refractivity contribution is 9.11. The summed E-state index contributed by atoms with van der Waals surface area (Å²) in [4.78, 5) is 5.24. The van der Waals surface area contributed by atoms with E-state index < -0.39 is 10.0 Å². The van der Waals surface area contributed by atoms with Gasteiger partial charge in [-0.05, 0) is 40.9 Å². The molecule has 2 N–H and O–H groups in total. The highest BCUT2D eigenvalue weighted by Gasteiger charge is 2.31. The van der Waals surface area contributed by atoms with Gasteiger partial charge in [-0.25, -0.2) is 8.42 Å². The summed E-state index contributed by atoms with van der Waals surface area (Å²) in [6.07, 6.45) is 1.65. The van der Waals surface area contributed by atoms with Gasteiger partial charge >= 0.3 is 0 Å². The van der Waals surface area contributed by atoms with Crippen LogP contribution in [0.5, 0.6) is 0 Å². The van der Waals surface area contributed by atoms with Crippen molar-refractivity contribution in [3.63, 3.8) is 0 Å². The normalized spacial score (nSPS) is 17.9. The molecule has 0 aliphatic carbocycles. The number of hydrogen-bond acceptors (Lipinski definition) is 4. The molecule has 1 aliphatic rings. The first-order chi connectivity index (χ1) is 8.43. The van der Waals surface area contributed by atoms with Gasteiger partial charge in [0.1, 0.15) is 4.90 Å². The maximum Gasteiger partial charge on any atom is 0.268 e. The number of nitrogens with two attached hydrogens (primary N) is 1. The molecule has 1 aromatic carbocycles. The number of benzene rings is 1. The molecule has 100 valence electrons. The molecule has 0 amide bonds. The first kappa shape index (κ1) is 14.3. The maximum absolute atomic E-state index is 12.4. The minimum absolute atomic E-state index is 0.0487. The Balaban J connectivity index is 2.47. The van der Waals surface area contributed by atoms with Gasteiger partial charge in [0, 0.05) is 15.5 Å². The van der Waals surface area contributed by atoms with E-state index in [0.717, 1.165) is 17.3 Å². The monoisotopic (exact) mass is 398 g/mol. The molecule has 0 radical (unpaired) electrons. The molecular weight excluding hydrogens is 388 g/mol. The molecule has 2 rings (SSSR count). The van der Waals surface area contributed by atoms with Crippen molar-refractivity contribution in [2.24, 2.45) is 0 Å². The van der Waals surface area contributed by atoms with E-state index in [1.165, 1.54) is 0 Å². The number of anilines is 1. The highest BCUT2D eigenvalue weighted by atomic mass is 79.9. The average molecular weight is 400 g/mol. The van der Waals surface area contributed by atoms with Crippen LogP contribution in [0.3, 0.4) is 0 Å². The number of halogens is 2. The Kier molecular flexibility index (Phi) is 4.32. The first-order valence-corrected chi connectivity index (χ1v) is 8.35. The Morgan fingerprint density at radius 2 is 2.00 bits per heavy atom. The lowest BCUT2D eigenvalue weighted by molar-refractivity contribution is -0.108. The van der Waals surface area contributed by atoms with E-state index in [1.54, 1.807) is 12.1 Å². The van der Waals surface area contributed by atoms with Crippen molar-refractivity contribution in [2.45, 2.75) is 17.7 Å². The number of nitrogen functional groups attached to an aromatic ring is 1. The maximum atomic E-state index is 12.4. The first-order valence-electron chi connectivity index (χ1n) is 5.33. The van der Waals surface area contributed by atoms with E-state index >= 15 is 0 Å². The summed E-state index contributed by atoms with van der Waals surface area (Å²) >= 11 is 6.49. The number of sulfonamides is 1. The van der Waals surface area contributed by atoms with Gasteiger partial charge in [-0.3, -0.25) is 4.84 Å². The summed E-state index contributed by atoms with van der Waals surface area (Å²) in [6, 6.07) is 3.20. The molecule has 1 heterocycles. The molecule has 1 aromatic rings. The molecule has 1 fully saturated rings. The summed E-state index contributed by atoms with van der Waals surface area (Å²) in [5.41, 5.74) is 5.98. The van der Waals surface area contributed by atoms with E-state index in [4.69, 9.17) is 10.6 Å². The lowest BCUT2D eigenvalue weighted by Gasteiger charge is -2.26. The van der Waals surface area contributed by atoms with Crippen LogP contribution in [0, 0.1) is 0 Å². The standard InChI is InChI=1S/C10H12Br2N2O3S/c11-7-5-8(12)10(9(13)6-7)18(15,16)14-3-1-2-4-17-14/h5-6H,1-4,13H2. The largest absolute Gasteiger partial charge is 0.398 e. The van der Waals surface area contributed by atoms with Gasteiger partial charge in [-0.15, -0.1) is 0 Å². The van der Waals surface area contributed by atoms with Crippen LogP contribution in [0.2, 0.25) is 0 Å². The minimum Gasteiger partial charge on any atom is -0.398 e. The van der Waals surface area contributed by atoms with Crippen LogP contribution in [-0.2, 0) is 14.9 Å². The Hall–Kier alpha value is -0.150. The van der Waals surface area contributed by atoms with Gasteiger partial charge in [0.05, 0.1) is 12.3 Å². The van der Waals surface area contributed by atoms with Crippen LogP contribution in [0.1, 0.15) is 12.8 Å². The molecule has 8 heteroatoms. The van der Waals surface area contributed by atoms with Gasteiger partial charge in [0.15, 0.2) is 0 Å². The second-order valence-electron chi connectivity index (χ2n) is 3.88. The third kappa shape index (κ3) is 2.72. The van der Waals surface area contributed by atoms with E-state index in [-0.39, 0.29) is 10.6 Å². The van der Waals surface area contributed by atoms with E-state index in [9.17, 15) is 8.42 Å². The van der Waals surface area contributed by atoms with Crippen molar-refractivity contribution in [1.82, 2.24) is 4.47 Å². The average Bonchev–Trinajstić information content (AvgIpc) is 2.28. The second kappa shape index (κ2) is 5.46. The molecule has 0 bridgehead atoms. The zero-order valence-electron chi connectivity index (χ0n) is 9.40. The molecule has 0 saturated carbocycles. The number of nitrogens with zero attached hydrogens (tertiary/aromatic N) is 1. The molecule has 0 aromatic heterocycles. The van der Waals surface area contributed by atoms with E-state index in [2.05, 4.69) is 31.9 Å². The summed E-state index contributed by atoms with van der Waals surface area (Å²) < 4.78 is 27.0. The predicted octanol–water partition coefficient (Wildman–Crippen LogP) is 2.51. The minimum atomic E-state index is -3.72. The summed E-state index contributed by atoms with van der Waals surface area (Å²) in [7, 11) is -3.72. The van der Waals surface area contributed by atoms with Gasteiger partial charge in [0.25, 0.3) is 10.0 Å². The topological polar surface area (TPSA) is 72.6 Å². The van der Waals surface area contributed by atoms with Crippen molar-refractivity contribution < 1.29 is 13.3 Å². The molecule has 1 aliphatic heterocycles. The molecule has 0 unspecified atom stereocenters. The van der Waals surface area contributed by atoms with Gasteiger partial charge in [0.2, 0.25) is 0 Å². The molecule has 5 nitrogen and oxygen atoms in total. The van der Waals surface area contributed by atoms with Gasteiger partial charge < -0.3 is 5.73 Å². The number of hydrogen-bond donors (Lipinski definition) is 1. The van der Waals surface area contributed by atoms with Crippen LogP contribution < -0.4 is 5.73 Å². The molecule has 0 atom stereocenters. The molecular formula is C10H12Br2N2O3S. The summed E-state index contributed by atoms with van der Waals surface area (Å²) in [5, 5.41) is 0. The van der Waals surface area contributed by atoms with Crippen LogP contribution in [0.25, 0.3) is 0 Å². The smallest absolute Gasteiger partial charge is 0.268 e. The fraction of sp³-hybridized carbons (Fsp3) is 0.400. The van der Waals surface area contributed by atoms with Gasteiger partial charge in [-0.2, -0.15) is 0 Å². The van der Waals surface area contributed by atoms with Crippen LogP contribution in [0.15, 0.2) is 26.0 Å². The highest BCUT2D eigenvalue weighted by Crippen LogP contribution is 2.34. The number of hydroxylamine groups is 1. The van der Waals surface area contributed by atoms with Gasteiger partial charge in [-0.1, -0.05) is 20.4 Å². The third-order valence-electron chi connectivity index (χ3n) is 2.53. The molecule has 0 spiro atoms. The van der Waals surface area contributed by atoms with E-state index in [0.29, 0.717) is 22.1 Å². The zero-order valence-corrected chi connectivity index (χ0v) is 13.4. The Labute approximate surface area is 123 Å². The van der Waals surface area contributed by atoms with Crippen LogP contribution in [0.4, 0.5) is 5.69 Å². The predicted molar refractivity (Wildman–Crippen MR) is 75.3 cm³/mol. The van der Waals surface area contributed by atoms with Crippen molar-refractivity contribution in [2.75, 3.05) is 18.9 Å². The van der Waals surface area contributed by atoms with Crippen molar-refractivity contribution in [3.8, 4) is 0 Å². The number of rotatable bonds is 2.